The van der Waals surface area contributed by atoms with Crippen molar-refractivity contribution in [1.29, 1.82) is 0 Å². The molecule has 0 bridgehead atoms. The highest BCUT2D eigenvalue weighted by Crippen LogP contribution is 2.51. The lowest BCUT2D eigenvalue weighted by atomic mass is 9.77. The standard InChI is InChI=1S/C21H25N3O6S/c1-10-14(12-7-23-8-22-6-13(23)31-12)17(24-16(10)15(11(2)25)18(24)26)19(27)29-9-30-20(28)21(3,4)5/h6-8,10-11,15-16,25H,9H2,1-5H3/t10-,11+,15+,16+/m0/s1. The SMILES string of the molecule is C[C@@H](O)[C@H]1C(=O)N2C(C(=O)OCOC(=O)C(C)(C)C)=C(c3cn4cncc4s3)[C@H](C)[C@H]12. The summed E-state index contributed by atoms with van der Waals surface area (Å²) >= 11 is 1.45. The van der Waals surface area contributed by atoms with Gasteiger partial charge < -0.3 is 19.5 Å². The first kappa shape index (κ1) is 21.5. The number of aliphatic hydroxyl groups is 1. The van der Waals surface area contributed by atoms with E-state index < -0.39 is 36.2 Å². The van der Waals surface area contributed by atoms with E-state index in [-0.39, 0.29) is 23.6 Å². The molecule has 31 heavy (non-hydrogen) atoms. The van der Waals surface area contributed by atoms with Crippen molar-refractivity contribution in [2.75, 3.05) is 6.79 Å². The molecule has 0 unspecified atom stereocenters. The van der Waals surface area contributed by atoms with Crippen molar-refractivity contribution in [3.8, 4) is 0 Å². The highest BCUT2D eigenvalue weighted by molar-refractivity contribution is 7.18. The predicted molar refractivity (Wildman–Crippen MR) is 111 cm³/mol. The number of aliphatic hydroxyl groups excluding tert-OH is 1. The average molecular weight is 448 g/mol. The molecule has 2 aromatic heterocycles. The topological polar surface area (TPSA) is 110 Å². The van der Waals surface area contributed by atoms with Gasteiger partial charge in [0.25, 0.3) is 0 Å². The van der Waals surface area contributed by atoms with Crippen LogP contribution in [0.2, 0.25) is 0 Å². The molecular weight excluding hydrogens is 422 g/mol. The highest BCUT2D eigenvalue weighted by atomic mass is 32.1. The van der Waals surface area contributed by atoms with Crippen LogP contribution in [0.15, 0.2) is 24.4 Å². The first-order valence-corrected chi connectivity index (χ1v) is 10.9. The van der Waals surface area contributed by atoms with Gasteiger partial charge in [0, 0.05) is 17.7 Å². The molecule has 2 aromatic rings. The number of hydrogen-bond acceptors (Lipinski definition) is 8. The number of fused-ring (bicyclic) bond motifs is 2. The van der Waals surface area contributed by atoms with E-state index in [4.69, 9.17) is 9.47 Å². The van der Waals surface area contributed by atoms with E-state index in [1.165, 1.54) is 16.2 Å². The highest BCUT2D eigenvalue weighted by Gasteiger charge is 2.60. The summed E-state index contributed by atoms with van der Waals surface area (Å²) in [5.74, 6) is -2.32. The zero-order chi connectivity index (χ0) is 22.7. The van der Waals surface area contributed by atoms with Crippen molar-refractivity contribution in [3.63, 3.8) is 0 Å². The molecule has 166 valence electrons. The Morgan fingerprint density at radius 1 is 1.32 bits per heavy atom. The van der Waals surface area contributed by atoms with E-state index in [1.54, 1.807) is 40.2 Å². The first-order chi connectivity index (χ1) is 14.5. The number of aromatic nitrogens is 2. The lowest BCUT2D eigenvalue weighted by molar-refractivity contribution is -0.175. The minimum absolute atomic E-state index is 0.142. The second-order valence-electron chi connectivity index (χ2n) is 8.98. The molecule has 0 radical (unpaired) electrons. The molecule has 9 nitrogen and oxygen atoms in total. The Hall–Kier alpha value is -2.72. The Labute approximate surface area is 183 Å². The zero-order valence-electron chi connectivity index (χ0n) is 18.0. The fraction of sp³-hybridized carbons (Fsp3) is 0.524. The molecule has 1 amide bonds. The van der Waals surface area contributed by atoms with Gasteiger partial charge in [0.15, 0.2) is 0 Å². The van der Waals surface area contributed by atoms with Gasteiger partial charge in [0.05, 0.1) is 40.9 Å². The number of hydrogen-bond donors (Lipinski definition) is 1. The van der Waals surface area contributed by atoms with Crippen molar-refractivity contribution in [3.05, 3.63) is 29.3 Å². The van der Waals surface area contributed by atoms with Crippen LogP contribution in [0.4, 0.5) is 0 Å². The number of ether oxygens (including phenoxy) is 2. The molecule has 10 heteroatoms. The van der Waals surface area contributed by atoms with Crippen LogP contribution in [0, 0.1) is 17.3 Å². The van der Waals surface area contributed by atoms with E-state index in [1.807, 2.05) is 17.5 Å². The molecule has 0 saturated carbocycles. The van der Waals surface area contributed by atoms with Gasteiger partial charge in [-0.2, -0.15) is 0 Å². The van der Waals surface area contributed by atoms with Crippen LogP contribution < -0.4 is 0 Å². The monoisotopic (exact) mass is 447 g/mol. The number of nitrogens with zero attached hydrogens (tertiary/aromatic N) is 3. The average Bonchev–Trinajstić information content (AvgIpc) is 3.31. The van der Waals surface area contributed by atoms with Gasteiger partial charge in [0.1, 0.15) is 10.5 Å². The van der Waals surface area contributed by atoms with Gasteiger partial charge in [-0.15, -0.1) is 11.3 Å². The van der Waals surface area contributed by atoms with Crippen LogP contribution in [0.25, 0.3) is 10.4 Å². The number of carbonyl (C=O) groups excluding carboxylic acids is 3. The maximum absolute atomic E-state index is 13.0. The number of carbonyl (C=O) groups is 3. The van der Waals surface area contributed by atoms with Crippen molar-refractivity contribution >= 4 is 39.6 Å². The Morgan fingerprint density at radius 3 is 2.65 bits per heavy atom. The first-order valence-electron chi connectivity index (χ1n) is 10.0. The van der Waals surface area contributed by atoms with Gasteiger partial charge >= 0.3 is 11.9 Å². The third kappa shape index (κ3) is 3.43. The summed E-state index contributed by atoms with van der Waals surface area (Å²) in [6.07, 6.45) is 4.41. The van der Waals surface area contributed by atoms with Gasteiger partial charge in [-0.1, -0.05) is 6.92 Å². The van der Waals surface area contributed by atoms with Crippen molar-refractivity contribution in [2.24, 2.45) is 17.3 Å². The summed E-state index contributed by atoms with van der Waals surface area (Å²) in [6.45, 7) is 8.07. The molecule has 0 spiro atoms. The minimum Gasteiger partial charge on any atom is -0.427 e. The number of imidazole rings is 1. The molecule has 2 aliphatic heterocycles. The molecule has 0 aromatic carbocycles. The molecule has 4 rings (SSSR count). The fourth-order valence-corrected chi connectivity index (χ4v) is 5.27. The van der Waals surface area contributed by atoms with Crippen LogP contribution in [-0.4, -0.2) is 56.2 Å². The third-order valence-electron chi connectivity index (χ3n) is 5.72. The molecular formula is C21H25N3O6S. The van der Waals surface area contributed by atoms with Gasteiger partial charge in [-0.05, 0) is 27.7 Å². The summed E-state index contributed by atoms with van der Waals surface area (Å²) in [7, 11) is 0. The number of thiazole rings is 1. The lowest BCUT2D eigenvalue weighted by Crippen LogP contribution is -2.63. The Morgan fingerprint density at radius 2 is 2.03 bits per heavy atom. The minimum atomic E-state index is -0.830. The van der Waals surface area contributed by atoms with E-state index in [0.717, 1.165) is 9.71 Å². The molecule has 4 heterocycles. The maximum atomic E-state index is 13.0. The molecule has 1 saturated heterocycles. The van der Waals surface area contributed by atoms with E-state index in [9.17, 15) is 19.5 Å². The molecule has 1 fully saturated rings. The molecule has 2 aliphatic rings. The van der Waals surface area contributed by atoms with Crippen LogP contribution in [0.1, 0.15) is 39.5 Å². The van der Waals surface area contributed by atoms with Crippen LogP contribution in [-0.2, 0) is 23.9 Å². The van der Waals surface area contributed by atoms with Crippen LogP contribution in [0.3, 0.4) is 0 Å². The number of amides is 1. The van der Waals surface area contributed by atoms with Crippen molar-refractivity contribution < 1.29 is 29.0 Å². The summed E-state index contributed by atoms with van der Waals surface area (Å²) in [5, 5.41) is 10.1. The van der Waals surface area contributed by atoms with Crippen molar-refractivity contribution in [1.82, 2.24) is 14.3 Å². The Balaban J connectivity index is 1.65. The lowest BCUT2D eigenvalue weighted by Gasteiger charge is -2.46. The number of rotatable bonds is 5. The normalized spacial score (nSPS) is 24.3. The van der Waals surface area contributed by atoms with Gasteiger partial charge in [0.2, 0.25) is 12.7 Å². The third-order valence-corrected chi connectivity index (χ3v) is 6.80. The summed E-state index contributed by atoms with van der Waals surface area (Å²) < 4.78 is 12.1. The van der Waals surface area contributed by atoms with Gasteiger partial charge in [-0.25, -0.2) is 9.78 Å². The molecule has 1 N–H and O–H groups in total. The summed E-state index contributed by atoms with van der Waals surface area (Å²) in [4.78, 5) is 45.0. The van der Waals surface area contributed by atoms with Crippen LogP contribution in [0.5, 0.6) is 0 Å². The van der Waals surface area contributed by atoms with E-state index in [2.05, 4.69) is 4.98 Å². The second-order valence-corrected chi connectivity index (χ2v) is 10.0. The molecule has 4 atom stereocenters. The second kappa shape index (κ2) is 7.45. The number of esters is 2. The predicted octanol–water partition coefficient (Wildman–Crippen LogP) is 2.05. The van der Waals surface area contributed by atoms with Crippen molar-refractivity contribution in [2.45, 2.75) is 46.8 Å². The quantitative estimate of drug-likeness (QED) is 0.424. The Kier molecular flexibility index (Phi) is 5.17. The van der Waals surface area contributed by atoms with Gasteiger partial charge in [-0.3, -0.25) is 14.0 Å². The summed E-state index contributed by atoms with van der Waals surface area (Å²) in [6, 6.07) is -0.332. The fourth-order valence-electron chi connectivity index (χ4n) is 4.16. The Bertz CT molecular complexity index is 1060. The smallest absolute Gasteiger partial charge is 0.358 e. The summed E-state index contributed by atoms with van der Waals surface area (Å²) in [5.41, 5.74) is 0.0974. The van der Waals surface area contributed by atoms with E-state index >= 15 is 0 Å². The van der Waals surface area contributed by atoms with E-state index in [0.29, 0.717) is 5.57 Å². The largest absolute Gasteiger partial charge is 0.427 e. The number of β-lactam (4-membered cyclic amide) rings is 1. The molecule has 0 aliphatic carbocycles. The van der Waals surface area contributed by atoms with Crippen LogP contribution >= 0.6 is 11.3 Å². The maximum Gasteiger partial charge on any atom is 0.358 e. The zero-order valence-corrected chi connectivity index (χ0v) is 18.8.